The van der Waals surface area contributed by atoms with Gasteiger partial charge in [0.1, 0.15) is 0 Å². The van der Waals surface area contributed by atoms with E-state index in [0.717, 1.165) is 6.54 Å². The molecule has 2 aromatic rings. The van der Waals surface area contributed by atoms with Gasteiger partial charge in [0, 0.05) is 12.2 Å². The molecule has 2 aromatic carbocycles. The maximum absolute atomic E-state index is 9.10. The number of anilines is 1. The van der Waals surface area contributed by atoms with Crippen LogP contribution in [0.15, 0.2) is 60.7 Å². The van der Waals surface area contributed by atoms with E-state index in [0.29, 0.717) is 0 Å². The third-order valence-electron chi connectivity index (χ3n) is 3.27. The standard InChI is InChI=1S/C17H21N.C2H2O4/c1-4-10-16(11-5-1)12-6-3-9-15-18-17-13-7-2-8-14-17;3-1(4)2(5)6/h1-2,4-5,7-8,10-11,13-14,18H,3,6,9,12,15H2;(H,3,4)(H,5,6). The Hall–Kier alpha value is -2.82. The number of carboxylic acids is 2. The van der Waals surface area contributed by atoms with Gasteiger partial charge in [-0.1, -0.05) is 55.0 Å². The SMILES string of the molecule is O=C(O)C(=O)O.c1ccc(CCCCCNc2ccccc2)cc1. The van der Waals surface area contributed by atoms with Crippen molar-refractivity contribution in [3.63, 3.8) is 0 Å². The van der Waals surface area contributed by atoms with Gasteiger partial charge in [-0.05, 0) is 37.0 Å². The van der Waals surface area contributed by atoms with Crippen LogP contribution in [-0.4, -0.2) is 28.7 Å². The van der Waals surface area contributed by atoms with Crippen molar-refractivity contribution < 1.29 is 19.8 Å². The fraction of sp³-hybridized carbons (Fsp3) is 0.263. The van der Waals surface area contributed by atoms with Gasteiger partial charge >= 0.3 is 11.9 Å². The minimum atomic E-state index is -1.82. The number of aryl methyl sites for hydroxylation is 1. The highest BCUT2D eigenvalue weighted by Gasteiger charge is 2.04. The first-order valence-electron chi connectivity index (χ1n) is 7.88. The topological polar surface area (TPSA) is 86.6 Å². The highest BCUT2D eigenvalue weighted by Crippen LogP contribution is 2.08. The van der Waals surface area contributed by atoms with Gasteiger partial charge in [-0.25, -0.2) is 9.59 Å². The fourth-order valence-electron chi connectivity index (χ4n) is 2.06. The molecule has 0 fully saturated rings. The lowest BCUT2D eigenvalue weighted by Gasteiger charge is -2.06. The van der Waals surface area contributed by atoms with Crippen molar-refractivity contribution >= 4 is 17.6 Å². The van der Waals surface area contributed by atoms with Gasteiger partial charge < -0.3 is 15.5 Å². The molecule has 5 heteroatoms. The molecular weight excluding hydrogens is 306 g/mol. The third kappa shape index (κ3) is 9.25. The van der Waals surface area contributed by atoms with E-state index in [1.165, 1.54) is 36.9 Å². The summed E-state index contributed by atoms with van der Waals surface area (Å²) < 4.78 is 0. The van der Waals surface area contributed by atoms with Crippen molar-refractivity contribution in [2.45, 2.75) is 25.7 Å². The Balaban J connectivity index is 0.000000413. The zero-order valence-electron chi connectivity index (χ0n) is 13.5. The maximum Gasteiger partial charge on any atom is 0.414 e. The molecule has 0 atom stereocenters. The number of nitrogens with one attached hydrogen (secondary N) is 1. The number of rotatable bonds is 7. The quantitative estimate of drug-likeness (QED) is 0.533. The summed E-state index contributed by atoms with van der Waals surface area (Å²) in [6.07, 6.45) is 5.00. The molecule has 0 aromatic heterocycles. The molecule has 128 valence electrons. The second-order valence-corrected chi connectivity index (χ2v) is 5.20. The molecule has 24 heavy (non-hydrogen) atoms. The van der Waals surface area contributed by atoms with E-state index in [2.05, 4.69) is 59.9 Å². The lowest BCUT2D eigenvalue weighted by Crippen LogP contribution is -2.09. The Morgan fingerprint density at radius 1 is 0.750 bits per heavy atom. The fourth-order valence-corrected chi connectivity index (χ4v) is 2.06. The summed E-state index contributed by atoms with van der Waals surface area (Å²) in [5, 5.41) is 18.2. The van der Waals surface area contributed by atoms with Crippen LogP contribution in [0.25, 0.3) is 0 Å². The summed E-state index contributed by atoms with van der Waals surface area (Å²) in [6.45, 7) is 1.07. The Morgan fingerprint density at radius 2 is 1.29 bits per heavy atom. The minimum absolute atomic E-state index is 1.07. The van der Waals surface area contributed by atoms with Gasteiger partial charge in [-0.2, -0.15) is 0 Å². The summed E-state index contributed by atoms with van der Waals surface area (Å²) >= 11 is 0. The molecule has 0 saturated carbocycles. The van der Waals surface area contributed by atoms with Crippen molar-refractivity contribution in [3.8, 4) is 0 Å². The molecule has 0 aliphatic carbocycles. The first-order chi connectivity index (χ1) is 11.6. The predicted molar refractivity (Wildman–Crippen MR) is 94.2 cm³/mol. The molecular formula is C19H23NO4. The van der Waals surface area contributed by atoms with Crippen molar-refractivity contribution in [1.29, 1.82) is 0 Å². The molecule has 2 rings (SSSR count). The van der Waals surface area contributed by atoms with E-state index >= 15 is 0 Å². The number of hydrogen-bond donors (Lipinski definition) is 3. The monoisotopic (exact) mass is 329 g/mol. The largest absolute Gasteiger partial charge is 0.473 e. The molecule has 0 spiro atoms. The molecule has 5 nitrogen and oxygen atoms in total. The Kier molecular flexibility index (Phi) is 9.38. The number of aliphatic carboxylic acids is 2. The molecule has 0 radical (unpaired) electrons. The van der Waals surface area contributed by atoms with E-state index < -0.39 is 11.9 Å². The average molecular weight is 329 g/mol. The van der Waals surface area contributed by atoms with E-state index in [1.807, 2.05) is 6.07 Å². The highest BCUT2D eigenvalue weighted by molar-refractivity contribution is 6.27. The van der Waals surface area contributed by atoms with Crippen molar-refractivity contribution in [2.24, 2.45) is 0 Å². The Labute approximate surface area is 142 Å². The zero-order chi connectivity index (χ0) is 17.6. The van der Waals surface area contributed by atoms with Crippen LogP contribution in [0, 0.1) is 0 Å². The number of para-hydroxylation sites is 1. The molecule has 0 unspecified atom stereocenters. The van der Waals surface area contributed by atoms with E-state index in [4.69, 9.17) is 19.8 Å². The van der Waals surface area contributed by atoms with E-state index in [-0.39, 0.29) is 0 Å². The molecule has 0 aliphatic rings. The van der Waals surface area contributed by atoms with Crippen LogP contribution >= 0.6 is 0 Å². The Morgan fingerprint density at radius 3 is 1.83 bits per heavy atom. The average Bonchev–Trinajstić information content (AvgIpc) is 2.60. The van der Waals surface area contributed by atoms with Crippen LogP contribution < -0.4 is 5.32 Å². The molecule has 0 bridgehead atoms. The number of carboxylic acid groups (broad SMARTS) is 2. The molecule has 0 saturated heterocycles. The van der Waals surface area contributed by atoms with Crippen LogP contribution in [0.1, 0.15) is 24.8 Å². The lowest BCUT2D eigenvalue weighted by atomic mass is 10.1. The zero-order valence-corrected chi connectivity index (χ0v) is 13.5. The first kappa shape index (κ1) is 19.2. The van der Waals surface area contributed by atoms with Crippen LogP contribution in [0.5, 0.6) is 0 Å². The second-order valence-electron chi connectivity index (χ2n) is 5.20. The lowest BCUT2D eigenvalue weighted by molar-refractivity contribution is -0.159. The first-order valence-corrected chi connectivity index (χ1v) is 7.88. The van der Waals surface area contributed by atoms with Gasteiger partial charge in [0.25, 0.3) is 0 Å². The molecule has 0 heterocycles. The van der Waals surface area contributed by atoms with Crippen LogP contribution in [0.4, 0.5) is 5.69 Å². The molecule has 0 amide bonds. The van der Waals surface area contributed by atoms with Crippen molar-refractivity contribution in [3.05, 3.63) is 66.2 Å². The van der Waals surface area contributed by atoms with Gasteiger partial charge in [0.05, 0.1) is 0 Å². The normalized spacial score (nSPS) is 9.50. The predicted octanol–water partition coefficient (Wildman–Crippen LogP) is 3.67. The number of carbonyl (C=O) groups is 2. The Bertz CT molecular complexity index is 544. The smallest absolute Gasteiger partial charge is 0.414 e. The molecule has 3 N–H and O–H groups in total. The van der Waals surface area contributed by atoms with Gasteiger partial charge in [0.2, 0.25) is 0 Å². The summed E-state index contributed by atoms with van der Waals surface area (Å²) in [5.41, 5.74) is 2.68. The minimum Gasteiger partial charge on any atom is -0.473 e. The second kappa shape index (κ2) is 11.7. The number of benzene rings is 2. The summed E-state index contributed by atoms with van der Waals surface area (Å²) in [4.78, 5) is 18.2. The maximum atomic E-state index is 9.10. The van der Waals surface area contributed by atoms with Gasteiger partial charge in [-0.15, -0.1) is 0 Å². The third-order valence-corrected chi connectivity index (χ3v) is 3.27. The van der Waals surface area contributed by atoms with Crippen LogP contribution in [-0.2, 0) is 16.0 Å². The number of hydrogen-bond acceptors (Lipinski definition) is 3. The van der Waals surface area contributed by atoms with E-state index in [1.54, 1.807) is 0 Å². The van der Waals surface area contributed by atoms with Gasteiger partial charge in [-0.3, -0.25) is 0 Å². The van der Waals surface area contributed by atoms with Crippen LogP contribution in [0.3, 0.4) is 0 Å². The molecule has 0 aliphatic heterocycles. The summed E-state index contributed by atoms with van der Waals surface area (Å²) in [5.74, 6) is -3.65. The summed E-state index contributed by atoms with van der Waals surface area (Å²) in [7, 11) is 0. The van der Waals surface area contributed by atoms with Crippen molar-refractivity contribution in [2.75, 3.05) is 11.9 Å². The van der Waals surface area contributed by atoms with Crippen LogP contribution in [0.2, 0.25) is 0 Å². The van der Waals surface area contributed by atoms with Crippen molar-refractivity contribution in [1.82, 2.24) is 0 Å². The highest BCUT2D eigenvalue weighted by atomic mass is 16.4. The van der Waals surface area contributed by atoms with Gasteiger partial charge in [0.15, 0.2) is 0 Å². The summed E-state index contributed by atoms with van der Waals surface area (Å²) in [6, 6.07) is 21.1. The van der Waals surface area contributed by atoms with E-state index in [9.17, 15) is 0 Å². The number of unbranched alkanes of at least 4 members (excludes halogenated alkanes) is 2.